The number of hydrogen-bond acceptors (Lipinski definition) is 4. The van der Waals surface area contributed by atoms with Gasteiger partial charge >= 0.3 is 0 Å². The lowest BCUT2D eigenvalue weighted by atomic mass is 9.88. The summed E-state index contributed by atoms with van der Waals surface area (Å²) >= 11 is 0. The predicted molar refractivity (Wildman–Crippen MR) is 78.0 cm³/mol. The van der Waals surface area contributed by atoms with Gasteiger partial charge in [-0.15, -0.1) is 0 Å². The number of benzene rings is 1. The lowest BCUT2D eigenvalue weighted by Gasteiger charge is -2.35. The van der Waals surface area contributed by atoms with Crippen LogP contribution in [0, 0.1) is 0 Å². The van der Waals surface area contributed by atoms with Gasteiger partial charge in [-0.05, 0) is 44.9 Å². The van der Waals surface area contributed by atoms with Gasteiger partial charge in [-0.3, -0.25) is 11.3 Å². The normalized spacial score (nSPS) is 16.2. The number of rotatable bonds is 7. The highest BCUT2D eigenvalue weighted by molar-refractivity contribution is 5.32. The molecule has 0 radical (unpaired) electrons. The zero-order chi connectivity index (χ0) is 14.5. The standard InChI is InChI=1S/C15H26N2O2/c1-6-15(4,18-5)14(17-16)12-8-7-9-13(10-12)19-11(2)3/h7-11,14,17H,6,16H2,1-5H3. The van der Waals surface area contributed by atoms with Crippen molar-refractivity contribution in [2.45, 2.75) is 51.9 Å². The first-order valence-electron chi connectivity index (χ1n) is 6.74. The van der Waals surface area contributed by atoms with E-state index in [1.165, 1.54) is 0 Å². The molecule has 1 aromatic rings. The lowest BCUT2D eigenvalue weighted by Crippen LogP contribution is -2.45. The van der Waals surface area contributed by atoms with E-state index in [4.69, 9.17) is 15.3 Å². The van der Waals surface area contributed by atoms with Gasteiger partial charge in [-0.1, -0.05) is 19.1 Å². The Hall–Kier alpha value is -1.10. The van der Waals surface area contributed by atoms with Crippen molar-refractivity contribution in [2.75, 3.05) is 7.11 Å². The Bertz CT molecular complexity index is 389. The predicted octanol–water partition coefficient (Wildman–Crippen LogP) is 2.79. The molecule has 0 aliphatic rings. The molecule has 0 aliphatic heterocycles. The van der Waals surface area contributed by atoms with Crippen LogP contribution in [0.4, 0.5) is 0 Å². The van der Waals surface area contributed by atoms with E-state index in [2.05, 4.69) is 12.3 Å². The summed E-state index contributed by atoms with van der Waals surface area (Å²) in [5.41, 5.74) is 3.57. The van der Waals surface area contributed by atoms with Crippen molar-refractivity contribution in [3.8, 4) is 5.75 Å². The quantitative estimate of drug-likeness (QED) is 0.588. The molecule has 1 aromatic carbocycles. The molecule has 0 saturated heterocycles. The molecular weight excluding hydrogens is 240 g/mol. The first-order chi connectivity index (χ1) is 8.96. The summed E-state index contributed by atoms with van der Waals surface area (Å²) in [5.74, 6) is 6.57. The van der Waals surface area contributed by atoms with E-state index < -0.39 is 0 Å². The molecule has 2 atom stereocenters. The van der Waals surface area contributed by atoms with E-state index in [-0.39, 0.29) is 17.7 Å². The molecule has 0 amide bonds. The molecule has 108 valence electrons. The number of ether oxygens (including phenoxy) is 2. The summed E-state index contributed by atoms with van der Waals surface area (Å²) in [5, 5.41) is 0. The average Bonchev–Trinajstić information content (AvgIpc) is 2.39. The molecule has 2 unspecified atom stereocenters. The fourth-order valence-corrected chi connectivity index (χ4v) is 2.13. The van der Waals surface area contributed by atoms with Gasteiger partial charge in [0.2, 0.25) is 0 Å². The van der Waals surface area contributed by atoms with Gasteiger partial charge < -0.3 is 9.47 Å². The minimum absolute atomic E-state index is 0.0850. The Morgan fingerprint density at radius 3 is 2.53 bits per heavy atom. The monoisotopic (exact) mass is 266 g/mol. The fraction of sp³-hybridized carbons (Fsp3) is 0.600. The van der Waals surface area contributed by atoms with Crippen molar-refractivity contribution in [1.82, 2.24) is 5.43 Å². The Labute approximate surface area is 116 Å². The van der Waals surface area contributed by atoms with Gasteiger partial charge in [0.25, 0.3) is 0 Å². The summed E-state index contributed by atoms with van der Waals surface area (Å²) < 4.78 is 11.4. The van der Waals surface area contributed by atoms with Crippen LogP contribution in [0.1, 0.15) is 45.7 Å². The average molecular weight is 266 g/mol. The maximum Gasteiger partial charge on any atom is 0.120 e. The zero-order valence-electron chi connectivity index (χ0n) is 12.6. The number of hydrogen-bond donors (Lipinski definition) is 2. The van der Waals surface area contributed by atoms with E-state index >= 15 is 0 Å². The van der Waals surface area contributed by atoms with Gasteiger partial charge in [0.05, 0.1) is 17.7 Å². The molecule has 3 N–H and O–H groups in total. The molecule has 4 heteroatoms. The Kier molecular flexibility index (Phi) is 5.79. The number of nitrogens with one attached hydrogen (secondary N) is 1. The Morgan fingerprint density at radius 1 is 1.37 bits per heavy atom. The molecule has 0 saturated carbocycles. The zero-order valence-corrected chi connectivity index (χ0v) is 12.6. The summed E-state index contributed by atoms with van der Waals surface area (Å²) in [6.07, 6.45) is 1.01. The van der Waals surface area contributed by atoms with Gasteiger partial charge in [0.1, 0.15) is 5.75 Å². The molecule has 0 aliphatic carbocycles. The molecule has 19 heavy (non-hydrogen) atoms. The van der Waals surface area contributed by atoms with Crippen LogP contribution >= 0.6 is 0 Å². The van der Waals surface area contributed by atoms with E-state index in [0.29, 0.717) is 0 Å². The van der Waals surface area contributed by atoms with Crippen molar-refractivity contribution >= 4 is 0 Å². The Morgan fingerprint density at radius 2 is 2.05 bits per heavy atom. The van der Waals surface area contributed by atoms with Gasteiger partial charge in [-0.2, -0.15) is 0 Å². The SMILES string of the molecule is CCC(C)(OC)C(NN)c1cccc(OC(C)C)c1. The third-order valence-corrected chi connectivity index (χ3v) is 3.51. The van der Waals surface area contributed by atoms with Crippen LogP contribution in [-0.4, -0.2) is 18.8 Å². The van der Waals surface area contributed by atoms with Crippen LogP contribution in [-0.2, 0) is 4.74 Å². The lowest BCUT2D eigenvalue weighted by molar-refractivity contribution is -0.0301. The second-order valence-electron chi connectivity index (χ2n) is 5.21. The molecular formula is C15H26N2O2. The first-order valence-corrected chi connectivity index (χ1v) is 6.74. The third-order valence-electron chi connectivity index (χ3n) is 3.51. The van der Waals surface area contributed by atoms with Crippen LogP contribution in [0.15, 0.2) is 24.3 Å². The number of nitrogens with two attached hydrogens (primary N) is 1. The summed E-state index contributed by atoms with van der Waals surface area (Å²) in [6, 6.07) is 7.89. The highest BCUT2D eigenvalue weighted by atomic mass is 16.5. The van der Waals surface area contributed by atoms with Crippen molar-refractivity contribution in [2.24, 2.45) is 5.84 Å². The van der Waals surface area contributed by atoms with Gasteiger partial charge in [0, 0.05) is 7.11 Å². The topological polar surface area (TPSA) is 56.5 Å². The summed E-state index contributed by atoms with van der Waals surface area (Å²) in [7, 11) is 1.71. The van der Waals surface area contributed by atoms with E-state index in [1.54, 1.807) is 7.11 Å². The number of methoxy groups -OCH3 is 1. The minimum Gasteiger partial charge on any atom is -0.491 e. The van der Waals surface area contributed by atoms with E-state index in [0.717, 1.165) is 17.7 Å². The molecule has 4 nitrogen and oxygen atoms in total. The van der Waals surface area contributed by atoms with Crippen LogP contribution in [0.3, 0.4) is 0 Å². The molecule has 0 bridgehead atoms. The van der Waals surface area contributed by atoms with Crippen molar-refractivity contribution in [1.29, 1.82) is 0 Å². The first kappa shape index (κ1) is 16.0. The molecule has 1 rings (SSSR count). The summed E-state index contributed by atoms with van der Waals surface area (Å²) in [6.45, 7) is 8.16. The van der Waals surface area contributed by atoms with E-state index in [1.807, 2.05) is 45.0 Å². The minimum atomic E-state index is -0.356. The largest absolute Gasteiger partial charge is 0.491 e. The molecule has 0 fully saturated rings. The fourth-order valence-electron chi connectivity index (χ4n) is 2.13. The van der Waals surface area contributed by atoms with Crippen LogP contribution in [0.5, 0.6) is 5.75 Å². The summed E-state index contributed by atoms with van der Waals surface area (Å²) in [4.78, 5) is 0. The van der Waals surface area contributed by atoms with Crippen molar-refractivity contribution < 1.29 is 9.47 Å². The number of hydrazine groups is 1. The van der Waals surface area contributed by atoms with Gasteiger partial charge in [0.15, 0.2) is 0 Å². The van der Waals surface area contributed by atoms with Crippen molar-refractivity contribution in [3.63, 3.8) is 0 Å². The third kappa shape index (κ3) is 3.93. The van der Waals surface area contributed by atoms with Crippen LogP contribution < -0.4 is 16.0 Å². The second kappa shape index (κ2) is 6.89. The van der Waals surface area contributed by atoms with Crippen molar-refractivity contribution in [3.05, 3.63) is 29.8 Å². The maximum absolute atomic E-state index is 5.72. The second-order valence-corrected chi connectivity index (χ2v) is 5.21. The van der Waals surface area contributed by atoms with E-state index in [9.17, 15) is 0 Å². The highest BCUT2D eigenvalue weighted by Crippen LogP contribution is 2.32. The van der Waals surface area contributed by atoms with Crippen LogP contribution in [0.2, 0.25) is 0 Å². The van der Waals surface area contributed by atoms with Gasteiger partial charge in [-0.25, -0.2) is 0 Å². The molecule has 0 heterocycles. The smallest absolute Gasteiger partial charge is 0.120 e. The van der Waals surface area contributed by atoms with Crippen LogP contribution in [0.25, 0.3) is 0 Å². The highest BCUT2D eigenvalue weighted by Gasteiger charge is 2.33. The molecule has 0 spiro atoms. The maximum atomic E-state index is 5.72. The molecule has 0 aromatic heterocycles. The Balaban J connectivity index is 3.05.